The Hall–Kier alpha value is -2.83. The zero-order valence-electron chi connectivity index (χ0n) is 22.1. The molecule has 2 saturated carbocycles. The normalized spacial score (nSPS) is 28.4. The first-order chi connectivity index (χ1) is 17.8. The van der Waals surface area contributed by atoms with Crippen molar-refractivity contribution in [3.05, 3.63) is 65.7 Å². The van der Waals surface area contributed by atoms with Gasteiger partial charge in [0.1, 0.15) is 17.1 Å². The summed E-state index contributed by atoms with van der Waals surface area (Å²) in [5.74, 6) is 1.08. The highest BCUT2D eigenvalue weighted by molar-refractivity contribution is 5.67. The van der Waals surface area contributed by atoms with E-state index in [9.17, 15) is 15.0 Å². The molecule has 0 amide bonds. The minimum atomic E-state index is -0.603. The van der Waals surface area contributed by atoms with Crippen molar-refractivity contribution < 1.29 is 19.7 Å². The first-order valence-corrected chi connectivity index (χ1v) is 13.7. The molecule has 0 radical (unpaired) electrons. The number of carbonyl (C=O) groups is 1. The van der Waals surface area contributed by atoms with Crippen molar-refractivity contribution in [2.75, 3.05) is 33.2 Å². The number of phenols is 2. The number of carbonyl (C=O) groups excluding carboxylic acids is 1. The van der Waals surface area contributed by atoms with Gasteiger partial charge >= 0.3 is 5.97 Å². The maximum absolute atomic E-state index is 12.5. The monoisotopic (exact) mass is 504 g/mol. The average Bonchev–Trinajstić information content (AvgIpc) is 3.67. The van der Waals surface area contributed by atoms with Gasteiger partial charge in [-0.3, -0.25) is 14.6 Å². The fraction of sp³-hybridized carbons (Fsp3) is 0.516. The maximum Gasteiger partial charge on any atom is 0.303 e. The van der Waals surface area contributed by atoms with Gasteiger partial charge in [-0.1, -0.05) is 36.4 Å². The van der Waals surface area contributed by atoms with Crippen LogP contribution in [0.3, 0.4) is 0 Å². The second kappa shape index (κ2) is 10.5. The Balaban J connectivity index is 1.42. The van der Waals surface area contributed by atoms with E-state index in [1.807, 2.05) is 30.3 Å². The number of phenolic OH excluding ortho intramolecular Hbond substituents is 2. The molecule has 2 aliphatic carbocycles. The number of hydrogen-bond donors (Lipinski definition) is 2. The number of aromatic hydroxyl groups is 2. The molecule has 6 nitrogen and oxygen atoms in total. The van der Waals surface area contributed by atoms with Crippen LogP contribution in [-0.2, 0) is 14.9 Å². The molecular weight excluding hydrogens is 464 g/mol. The third-order valence-corrected chi connectivity index (χ3v) is 8.82. The van der Waals surface area contributed by atoms with Gasteiger partial charge in [0.15, 0.2) is 0 Å². The second-order valence-electron chi connectivity index (χ2n) is 11.5. The molecule has 0 bridgehead atoms. The largest absolute Gasteiger partial charge is 0.508 e. The zero-order chi connectivity index (χ0) is 26.0. The number of likely N-dealkylation sites (tertiary alicyclic amines) is 1. The van der Waals surface area contributed by atoms with E-state index >= 15 is 0 Å². The van der Waals surface area contributed by atoms with E-state index in [0.29, 0.717) is 6.04 Å². The van der Waals surface area contributed by atoms with E-state index in [1.54, 1.807) is 18.2 Å². The van der Waals surface area contributed by atoms with Crippen LogP contribution < -0.4 is 0 Å². The van der Waals surface area contributed by atoms with Gasteiger partial charge in [0, 0.05) is 38.0 Å². The molecule has 0 unspecified atom stereocenters. The lowest BCUT2D eigenvalue weighted by atomic mass is 9.55. The Labute approximate surface area is 220 Å². The SMILES string of the molecule is CC(=O)O[C@]12CC[C@@H](N(C)CC=Cc3cccc(O)c3)C[C@]1(c1cccc(O)c1)CCN(CC1CC1)C2. The Morgan fingerprint density at radius 3 is 2.57 bits per heavy atom. The van der Waals surface area contributed by atoms with Crippen LogP contribution in [0.2, 0.25) is 0 Å². The van der Waals surface area contributed by atoms with Crippen molar-refractivity contribution in [2.24, 2.45) is 5.92 Å². The summed E-state index contributed by atoms with van der Waals surface area (Å²) in [6.45, 7) is 5.13. The molecule has 5 rings (SSSR count). The second-order valence-corrected chi connectivity index (χ2v) is 11.5. The molecule has 3 fully saturated rings. The van der Waals surface area contributed by atoms with Crippen LogP contribution in [0, 0.1) is 5.92 Å². The van der Waals surface area contributed by atoms with Crippen molar-refractivity contribution in [2.45, 2.75) is 62.5 Å². The number of hydrogen-bond acceptors (Lipinski definition) is 6. The summed E-state index contributed by atoms with van der Waals surface area (Å²) >= 11 is 0. The number of esters is 1. The summed E-state index contributed by atoms with van der Waals surface area (Å²) in [7, 11) is 2.16. The van der Waals surface area contributed by atoms with Gasteiger partial charge in [-0.25, -0.2) is 0 Å². The Kier molecular flexibility index (Phi) is 7.32. The molecule has 2 aromatic rings. The molecule has 1 saturated heterocycles. The summed E-state index contributed by atoms with van der Waals surface area (Å²) in [5, 5.41) is 20.2. The van der Waals surface area contributed by atoms with Crippen molar-refractivity contribution in [1.29, 1.82) is 0 Å². The number of fused-ring (bicyclic) bond motifs is 1. The fourth-order valence-corrected chi connectivity index (χ4v) is 6.79. The zero-order valence-corrected chi connectivity index (χ0v) is 22.1. The summed E-state index contributed by atoms with van der Waals surface area (Å²) in [5.41, 5.74) is 1.09. The lowest BCUT2D eigenvalue weighted by Gasteiger charge is -2.60. The molecule has 2 N–H and O–H groups in total. The van der Waals surface area contributed by atoms with Crippen LogP contribution in [-0.4, -0.2) is 70.9 Å². The predicted molar refractivity (Wildman–Crippen MR) is 145 cm³/mol. The average molecular weight is 505 g/mol. The molecule has 3 aliphatic rings. The molecule has 3 atom stereocenters. The number of benzene rings is 2. The van der Waals surface area contributed by atoms with E-state index in [2.05, 4.69) is 29.0 Å². The number of likely N-dealkylation sites (N-methyl/N-ethyl adjacent to an activating group) is 1. The van der Waals surface area contributed by atoms with Crippen LogP contribution in [0.1, 0.15) is 56.6 Å². The lowest BCUT2D eigenvalue weighted by Crippen LogP contribution is -2.68. The summed E-state index contributed by atoms with van der Waals surface area (Å²) < 4.78 is 6.37. The molecule has 37 heavy (non-hydrogen) atoms. The van der Waals surface area contributed by atoms with Gasteiger partial charge in [0.2, 0.25) is 0 Å². The van der Waals surface area contributed by atoms with Crippen LogP contribution in [0.15, 0.2) is 54.6 Å². The Bertz CT molecular complexity index is 1150. The first-order valence-electron chi connectivity index (χ1n) is 13.7. The minimum Gasteiger partial charge on any atom is -0.508 e. The van der Waals surface area contributed by atoms with Gasteiger partial charge in [0.05, 0.1) is 0 Å². The number of nitrogens with zero attached hydrogens (tertiary/aromatic N) is 2. The first kappa shape index (κ1) is 25.8. The maximum atomic E-state index is 12.5. The molecule has 1 aliphatic heterocycles. The smallest absolute Gasteiger partial charge is 0.303 e. The van der Waals surface area contributed by atoms with E-state index < -0.39 is 5.60 Å². The van der Waals surface area contributed by atoms with Crippen LogP contribution in [0.25, 0.3) is 6.08 Å². The van der Waals surface area contributed by atoms with E-state index in [-0.39, 0.29) is 22.9 Å². The van der Waals surface area contributed by atoms with Crippen LogP contribution >= 0.6 is 0 Å². The van der Waals surface area contributed by atoms with Gasteiger partial charge in [-0.15, -0.1) is 0 Å². The van der Waals surface area contributed by atoms with Crippen LogP contribution in [0.5, 0.6) is 11.5 Å². The van der Waals surface area contributed by atoms with E-state index in [4.69, 9.17) is 4.74 Å². The van der Waals surface area contributed by atoms with Gasteiger partial charge in [-0.2, -0.15) is 0 Å². The summed E-state index contributed by atoms with van der Waals surface area (Å²) in [6, 6.07) is 15.2. The standard InChI is InChI=1S/C31H40N2O4/c1-23(34)37-31-14-13-27(32(2)16-5-7-24-6-3-9-28(35)18-24)20-30(31,26-8-4-10-29(36)19-26)15-17-33(22-31)21-25-11-12-25/h3-10,18-19,25,27,35-36H,11-17,20-22H2,1-2H3/t27-,30+,31+/m1/s1. The fourth-order valence-electron chi connectivity index (χ4n) is 6.79. The third-order valence-electron chi connectivity index (χ3n) is 8.82. The molecule has 6 heteroatoms. The summed E-state index contributed by atoms with van der Waals surface area (Å²) in [6.07, 6.45) is 10.3. The number of piperidine rings is 1. The molecule has 2 aromatic carbocycles. The third kappa shape index (κ3) is 5.55. The topological polar surface area (TPSA) is 73.2 Å². The Morgan fingerprint density at radius 2 is 1.86 bits per heavy atom. The molecule has 1 heterocycles. The lowest BCUT2D eigenvalue weighted by molar-refractivity contribution is -0.189. The molecule has 0 aromatic heterocycles. The molecular formula is C31H40N2O4. The number of rotatable bonds is 8. The van der Waals surface area contributed by atoms with Gasteiger partial charge in [-0.05, 0) is 93.4 Å². The highest BCUT2D eigenvalue weighted by Crippen LogP contribution is 2.55. The Morgan fingerprint density at radius 1 is 1.11 bits per heavy atom. The predicted octanol–water partition coefficient (Wildman–Crippen LogP) is 4.95. The van der Waals surface area contributed by atoms with Crippen molar-refractivity contribution in [1.82, 2.24) is 9.80 Å². The minimum absolute atomic E-state index is 0.223. The summed E-state index contributed by atoms with van der Waals surface area (Å²) in [4.78, 5) is 17.4. The van der Waals surface area contributed by atoms with E-state index in [0.717, 1.165) is 68.9 Å². The van der Waals surface area contributed by atoms with Crippen molar-refractivity contribution in [3.63, 3.8) is 0 Å². The van der Waals surface area contributed by atoms with E-state index in [1.165, 1.54) is 19.8 Å². The molecule has 198 valence electrons. The van der Waals surface area contributed by atoms with Gasteiger partial charge < -0.3 is 14.9 Å². The number of ether oxygens (including phenoxy) is 1. The highest BCUT2D eigenvalue weighted by Gasteiger charge is 2.61. The quantitative estimate of drug-likeness (QED) is 0.496. The van der Waals surface area contributed by atoms with Crippen LogP contribution in [0.4, 0.5) is 0 Å². The molecule has 0 spiro atoms. The van der Waals surface area contributed by atoms with Crippen molar-refractivity contribution >= 4 is 12.0 Å². The van der Waals surface area contributed by atoms with Crippen molar-refractivity contribution in [3.8, 4) is 11.5 Å². The van der Waals surface area contributed by atoms with Gasteiger partial charge in [0.25, 0.3) is 0 Å². The highest BCUT2D eigenvalue weighted by atomic mass is 16.6.